The largest absolute Gasteiger partial charge is 0.480 e. The van der Waals surface area contributed by atoms with Crippen molar-refractivity contribution in [2.75, 3.05) is 4.72 Å². The number of benzene rings is 3. The van der Waals surface area contributed by atoms with E-state index in [1.54, 1.807) is 54.6 Å². The molecule has 0 aliphatic carbocycles. The van der Waals surface area contributed by atoms with Gasteiger partial charge in [-0.2, -0.15) is 0 Å². The van der Waals surface area contributed by atoms with E-state index in [0.717, 1.165) is 16.7 Å². The smallest absolute Gasteiger partial charge is 0.326 e. The Bertz CT molecular complexity index is 1340. The van der Waals surface area contributed by atoms with E-state index in [1.807, 2.05) is 32.0 Å². The maximum absolute atomic E-state index is 13.2. The molecule has 1 unspecified atom stereocenters. The molecule has 2 atom stereocenters. The number of nitrogens with one attached hydrogen (secondary N) is 1. The summed E-state index contributed by atoms with van der Waals surface area (Å²) in [6.45, 7) is 3.75. The lowest BCUT2D eigenvalue weighted by Crippen LogP contribution is -2.42. The molecule has 7 nitrogen and oxygen atoms in total. The lowest BCUT2D eigenvalue weighted by atomic mass is 9.98. The quantitative estimate of drug-likeness (QED) is 0.434. The van der Waals surface area contributed by atoms with E-state index >= 15 is 0 Å². The summed E-state index contributed by atoms with van der Waals surface area (Å²) in [5.41, 5.74) is 4.09. The van der Waals surface area contributed by atoms with Gasteiger partial charge in [0.05, 0.1) is 11.8 Å². The number of carbonyl (C=O) groups is 2. The van der Waals surface area contributed by atoms with Gasteiger partial charge >= 0.3 is 5.97 Å². The fourth-order valence-electron chi connectivity index (χ4n) is 4.56. The molecule has 1 heterocycles. The minimum atomic E-state index is -3.56. The Morgan fingerprint density at radius 3 is 2.31 bits per heavy atom. The highest BCUT2D eigenvalue weighted by atomic mass is 32.2. The van der Waals surface area contributed by atoms with E-state index in [9.17, 15) is 23.1 Å². The van der Waals surface area contributed by atoms with Gasteiger partial charge in [0, 0.05) is 11.3 Å². The first kappa shape index (κ1) is 24.5. The number of anilines is 1. The minimum Gasteiger partial charge on any atom is -0.480 e. The molecule has 1 aliphatic rings. The van der Waals surface area contributed by atoms with Crippen molar-refractivity contribution in [3.63, 3.8) is 0 Å². The normalized spacial score (nSPS) is 16.1. The summed E-state index contributed by atoms with van der Waals surface area (Å²) in [5, 5.41) is 9.66. The van der Waals surface area contributed by atoms with Crippen molar-refractivity contribution in [2.45, 2.75) is 44.5 Å². The summed E-state index contributed by atoms with van der Waals surface area (Å²) >= 11 is 0. The third-order valence-electron chi connectivity index (χ3n) is 6.26. The fraction of sp³-hybridized carbons (Fsp3) is 0.259. The third-order valence-corrected chi connectivity index (χ3v) is 7.52. The van der Waals surface area contributed by atoms with Crippen LogP contribution < -0.4 is 4.72 Å². The highest BCUT2D eigenvalue weighted by Gasteiger charge is 2.40. The molecule has 0 aromatic heterocycles. The van der Waals surface area contributed by atoms with Crippen LogP contribution in [0.1, 0.15) is 54.2 Å². The molecule has 0 saturated heterocycles. The molecule has 0 saturated carbocycles. The number of hydrogen-bond donors (Lipinski definition) is 2. The summed E-state index contributed by atoms with van der Waals surface area (Å²) < 4.78 is 27.6. The second-order valence-corrected chi connectivity index (χ2v) is 10.5. The Hall–Kier alpha value is -3.65. The number of hydrogen-bond acceptors (Lipinski definition) is 4. The average molecular weight is 493 g/mol. The number of aliphatic carboxylic acids is 1. The first-order valence-electron chi connectivity index (χ1n) is 11.5. The van der Waals surface area contributed by atoms with Crippen molar-refractivity contribution in [3.05, 3.63) is 89.5 Å². The fourth-order valence-corrected chi connectivity index (χ4v) is 5.76. The molecular formula is C27H28N2O5S. The standard InChI is InChI=1S/C27H28N2O5S/c1-3-7-25(27(31)32)29-18(2)23-15-12-21(16-24(23)26(29)30)20-10-13-22(14-11-20)28-35(33,34)17-19-8-5-4-6-9-19/h4-6,8-16,18,25,28H,3,7,17H2,1-2H3,(H,31,32)/t18-,25?/m0/s1. The number of carboxylic acids is 1. The van der Waals surface area contributed by atoms with Crippen molar-refractivity contribution < 1.29 is 23.1 Å². The van der Waals surface area contributed by atoms with Gasteiger partial charge in [-0.05, 0) is 53.8 Å². The predicted octanol–water partition coefficient (Wildman–Crippen LogP) is 5.07. The average Bonchev–Trinajstić information content (AvgIpc) is 3.07. The third kappa shape index (κ3) is 5.22. The lowest BCUT2D eigenvalue weighted by molar-refractivity contribution is -0.143. The molecule has 35 heavy (non-hydrogen) atoms. The SMILES string of the molecule is CCCC(C(=O)O)N1C(=O)c2cc(-c3ccc(NS(=O)(=O)Cc4ccccc4)cc3)ccc2[C@@H]1C. The van der Waals surface area contributed by atoms with Gasteiger partial charge in [-0.3, -0.25) is 9.52 Å². The predicted molar refractivity (Wildman–Crippen MR) is 135 cm³/mol. The Morgan fingerprint density at radius 1 is 1.03 bits per heavy atom. The Morgan fingerprint density at radius 2 is 1.69 bits per heavy atom. The zero-order valence-corrected chi connectivity index (χ0v) is 20.5. The van der Waals surface area contributed by atoms with Gasteiger partial charge < -0.3 is 10.0 Å². The van der Waals surface area contributed by atoms with Crippen molar-refractivity contribution >= 4 is 27.6 Å². The molecule has 4 rings (SSSR count). The van der Waals surface area contributed by atoms with Crippen molar-refractivity contribution in [1.82, 2.24) is 4.90 Å². The van der Waals surface area contributed by atoms with Crippen LogP contribution in [0, 0.1) is 0 Å². The second kappa shape index (κ2) is 9.92. The summed E-state index contributed by atoms with van der Waals surface area (Å²) in [6, 6.07) is 20.3. The minimum absolute atomic E-state index is 0.118. The van der Waals surface area contributed by atoms with E-state index in [1.165, 1.54) is 4.90 Å². The number of amides is 1. The molecule has 3 aromatic rings. The highest BCUT2D eigenvalue weighted by molar-refractivity contribution is 7.91. The van der Waals surface area contributed by atoms with Gasteiger partial charge in [-0.15, -0.1) is 0 Å². The first-order valence-corrected chi connectivity index (χ1v) is 13.2. The Kier molecular flexibility index (Phi) is 6.93. The zero-order valence-electron chi connectivity index (χ0n) is 19.6. The van der Waals surface area contributed by atoms with Crippen LogP contribution in [0.25, 0.3) is 11.1 Å². The molecule has 0 bridgehead atoms. The van der Waals surface area contributed by atoms with E-state index in [0.29, 0.717) is 29.7 Å². The van der Waals surface area contributed by atoms with Gasteiger partial charge in [-0.1, -0.05) is 67.9 Å². The van der Waals surface area contributed by atoms with Crippen LogP contribution in [0.4, 0.5) is 5.69 Å². The molecule has 182 valence electrons. The molecule has 1 amide bonds. The maximum Gasteiger partial charge on any atom is 0.326 e. The summed E-state index contributed by atoms with van der Waals surface area (Å²) in [4.78, 5) is 26.4. The van der Waals surface area contributed by atoms with E-state index in [4.69, 9.17) is 0 Å². The number of sulfonamides is 1. The molecule has 0 radical (unpaired) electrons. The molecule has 2 N–H and O–H groups in total. The van der Waals surface area contributed by atoms with Crippen LogP contribution in [-0.2, 0) is 20.6 Å². The van der Waals surface area contributed by atoms with Gasteiger partial charge in [-0.25, -0.2) is 13.2 Å². The van der Waals surface area contributed by atoms with Crippen LogP contribution in [0.2, 0.25) is 0 Å². The van der Waals surface area contributed by atoms with Gasteiger partial charge in [0.2, 0.25) is 10.0 Å². The van der Waals surface area contributed by atoms with Crippen LogP contribution in [0.15, 0.2) is 72.8 Å². The number of rotatable bonds is 9. The summed E-state index contributed by atoms with van der Waals surface area (Å²) in [7, 11) is -3.56. The van der Waals surface area contributed by atoms with Gasteiger partial charge in [0.25, 0.3) is 5.91 Å². The molecule has 0 fully saturated rings. The summed E-state index contributed by atoms with van der Waals surface area (Å²) in [5.74, 6) is -1.39. The zero-order chi connectivity index (χ0) is 25.2. The maximum atomic E-state index is 13.2. The number of nitrogens with zero attached hydrogens (tertiary/aromatic N) is 1. The molecule has 8 heteroatoms. The van der Waals surface area contributed by atoms with E-state index in [-0.39, 0.29) is 17.7 Å². The molecule has 3 aromatic carbocycles. The van der Waals surface area contributed by atoms with Gasteiger partial charge in [0.15, 0.2) is 0 Å². The van der Waals surface area contributed by atoms with Crippen molar-refractivity contribution in [3.8, 4) is 11.1 Å². The highest BCUT2D eigenvalue weighted by Crippen LogP contribution is 2.38. The molecule has 0 spiro atoms. The number of carbonyl (C=O) groups excluding carboxylic acids is 1. The second-order valence-electron chi connectivity index (χ2n) is 8.76. The van der Waals surface area contributed by atoms with Crippen LogP contribution in [0.5, 0.6) is 0 Å². The number of fused-ring (bicyclic) bond motifs is 1. The summed E-state index contributed by atoms with van der Waals surface area (Å²) in [6.07, 6.45) is 1.06. The van der Waals surface area contributed by atoms with Crippen molar-refractivity contribution in [1.29, 1.82) is 0 Å². The van der Waals surface area contributed by atoms with Crippen LogP contribution in [-0.4, -0.2) is 36.3 Å². The van der Waals surface area contributed by atoms with Crippen molar-refractivity contribution in [2.24, 2.45) is 0 Å². The Labute approximate surface area is 205 Å². The monoisotopic (exact) mass is 492 g/mol. The topological polar surface area (TPSA) is 104 Å². The van der Waals surface area contributed by atoms with Gasteiger partial charge in [0.1, 0.15) is 6.04 Å². The number of carboxylic acid groups (broad SMARTS) is 1. The van der Waals surface area contributed by atoms with Crippen LogP contribution in [0.3, 0.4) is 0 Å². The van der Waals surface area contributed by atoms with Crippen LogP contribution >= 0.6 is 0 Å². The molecule has 1 aliphatic heterocycles. The van der Waals surface area contributed by atoms with E-state index < -0.39 is 22.0 Å². The lowest BCUT2D eigenvalue weighted by Gasteiger charge is -2.28. The Balaban J connectivity index is 1.53. The van der Waals surface area contributed by atoms with E-state index in [2.05, 4.69) is 4.72 Å². The molecular weight excluding hydrogens is 464 g/mol. The first-order chi connectivity index (χ1) is 16.7.